The molecule has 0 unspecified atom stereocenters. The molecule has 3 aromatic rings. The molecule has 0 saturated heterocycles. The van der Waals surface area contributed by atoms with Gasteiger partial charge in [-0.15, -0.1) is 0 Å². The van der Waals surface area contributed by atoms with Gasteiger partial charge in [-0.05, 0) is 53.4 Å². The van der Waals surface area contributed by atoms with E-state index in [4.69, 9.17) is 5.73 Å². The zero-order valence-corrected chi connectivity index (χ0v) is 18.1. The van der Waals surface area contributed by atoms with Crippen molar-refractivity contribution in [2.45, 2.75) is 24.4 Å². The number of carbonyl (C=O) groups excluding carboxylic acids is 2. The molecular formula is C24H23N3O4S. The predicted molar refractivity (Wildman–Crippen MR) is 120 cm³/mol. The van der Waals surface area contributed by atoms with Crippen LogP contribution in [0.3, 0.4) is 0 Å². The van der Waals surface area contributed by atoms with Gasteiger partial charge in [-0.3, -0.25) is 9.59 Å². The molecule has 4 rings (SSSR count). The van der Waals surface area contributed by atoms with Crippen molar-refractivity contribution in [3.05, 3.63) is 101 Å². The molecule has 32 heavy (non-hydrogen) atoms. The lowest BCUT2D eigenvalue weighted by molar-refractivity contribution is 0.0950. The van der Waals surface area contributed by atoms with E-state index in [-0.39, 0.29) is 17.0 Å². The highest BCUT2D eigenvalue weighted by molar-refractivity contribution is 7.89. The van der Waals surface area contributed by atoms with E-state index < -0.39 is 21.8 Å². The maximum atomic E-state index is 13.2. The van der Waals surface area contributed by atoms with Crippen LogP contribution in [0.4, 0.5) is 0 Å². The molecule has 0 aromatic heterocycles. The van der Waals surface area contributed by atoms with Gasteiger partial charge in [-0.25, -0.2) is 8.42 Å². The molecule has 3 aromatic carbocycles. The van der Waals surface area contributed by atoms with E-state index in [2.05, 4.69) is 5.32 Å². The Labute approximate surface area is 186 Å². The monoisotopic (exact) mass is 449 g/mol. The summed E-state index contributed by atoms with van der Waals surface area (Å²) in [7, 11) is -3.74. The summed E-state index contributed by atoms with van der Waals surface area (Å²) in [5.41, 5.74) is 8.76. The number of nitrogens with two attached hydrogens (primary N) is 1. The van der Waals surface area contributed by atoms with Gasteiger partial charge >= 0.3 is 0 Å². The van der Waals surface area contributed by atoms with Crippen LogP contribution in [0.25, 0.3) is 0 Å². The van der Waals surface area contributed by atoms with Crippen molar-refractivity contribution in [2.75, 3.05) is 6.54 Å². The van der Waals surface area contributed by atoms with Gasteiger partial charge in [0.05, 0.1) is 4.90 Å². The van der Waals surface area contributed by atoms with Crippen LogP contribution in [-0.2, 0) is 29.5 Å². The maximum Gasteiger partial charge on any atom is 0.251 e. The zero-order valence-electron chi connectivity index (χ0n) is 17.3. The topological polar surface area (TPSA) is 110 Å². The zero-order chi connectivity index (χ0) is 22.7. The molecule has 8 heteroatoms. The highest BCUT2D eigenvalue weighted by Crippen LogP contribution is 2.25. The normalized spacial score (nSPS) is 13.9. The van der Waals surface area contributed by atoms with Crippen LogP contribution in [0.1, 0.15) is 37.4 Å². The van der Waals surface area contributed by atoms with Crippen LogP contribution in [-0.4, -0.2) is 31.1 Å². The van der Waals surface area contributed by atoms with Crippen LogP contribution in [0.15, 0.2) is 77.7 Å². The van der Waals surface area contributed by atoms with Gasteiger partial charge in [0, 0.05) is 30.8 Å². The Morgan fingerprint density at radius 2 is 1.62 bits per heavy atom. The molecule has 1 aliphatic rings. The lowest BCUT2D eigenvalue weighted by Crippen LogP contribution is -2.36. The second-order valence-corrected chi connectivity index (χ2v) is 9.57. The Bertz CT molecular complexity index is 1290. The van der Waals surface area contributed by atoms with Gasteiger partial charge in [0.1, 0.15) is 0 Å². The predicted octanol–water partition coefficient (Wildman–Crippen LogP) is 2.46. The molecule has 0 fully saturated rings. The molecule has 0 atom stereocenters. The molecule has 164 valence electrons. The van der Waals surface area contributed by atoms with Crippen LogP contribution in [0.2, 0.25) is 0 Å². The van der Waals surface area contributed by atoms with Gasteiger partial charge in [-0.2, -0.15) is 4.31 Å². The summed E-state index contributed by atoms with van der Waals surface area (Å²) in [5.74, 6) is -0.952. The third kappa shape index (κ3) is 4.56. The summed E-state index contributed by atoms with van der Waals surface area (Å²) in [6, 6.07) is 20.5. The van der Waals surface area contributed by atoms with Crippen LogP contribution in [0.5, 0.6) is 0 Å². The van der Waals surface area contributed by atoms with E-state index in [1.807, 2.05) is 24.3 Å². The quantitative estimate of drug-likeness (QED) is 0.602. The Morgan fingerprint density at radius 1 is 0.906 bits per heavy atom. The molecule has 1 aliphatic heterocycles. The number of sulfonamides is 1. The molecule has 0 spiro atoms. The summed E-state index contributed by atoms with van der Waals surface area (Å²) in [6.45, 7) is 0.886. The Morgan fingerprint density at radius 3 is 2.41 bits per heavy atom. The van der Waals surface area contributed by atoms with Crippen molar-refractivity contribution < 1.29 is 18.0 Å². The number of nitrogens with one attached hydrogen (secondary N) is 1. The number of rotatable bonds is 6. The number of nitrogens with zero attached hydrogens (tertiary/aromatic N) is 1. The second-order valence-electron chi connectivity index (χ2n) is 7.63. The molecular weight excluding hydrogens is 426 g/mol. The summed E-state index contributed by atoms with van der Waals surface area (Å²) in [4.78, 5) is 24.0. The molecule has 7 nitrogen and oxygen atoms in total. The first-order chi connectivity index (χ1) is 15.3. The lowest BCUT2D eigenvalue weighted by Gasteiger charge is -2.28. The highest BCUT2D eigenvalue weighted by atomic mass is 32.2. The average molecular weight is 450 g/mol. The van der Waals surface area contributed by atoms with Crippen molar-refractivity contribution in [3.63, 3.8) is 0 Å². The van der Waals surface area contributed by atoms with Crippen molar-refractivity contribution in [1.29, 1.82) is 0 Å². The standard InChI is InChI=1S/C24H23N3O4S/c25-23(28)19-8-3-5-17(13-19)15-26-24(29)20-9-4-10-22(14-20)32(30,31)27-12-11-18-6-1-2-7-21(18)16-27/h1-10,13-14H,11-12,15-16H2,(H2,25,28)(H,26,29). The third-order valence-corrected chi connectivity index (χ3v) is 7.34. The first-order valence-electron chi connectivity index (χ1n) is 10.2. The number of carbonyl (C=O) groups is 2. The third-order valence-electron chi connectivity index (χ3n) is 5.49. The van der Waals surface area contributed by atoms with Crippen molar-refractivity contribution in [1.82, 2.24) is 9.62 Å². The molecule has 3 N–H and O–H groups in total. The lowest BCUT2D eigenvalue weighted by atomic mass is 10.0. The fraction of sp³-hybridized carbons (Fsp3) is 0.167. The number of hydrogen-bond acceptors (Lipinski definition) is 4. The average Bonchev–Trinajstić information content (AvgIpc) is 2.82. The van der Waals surface area contributed by atoms with E-state index >= 15 is 0 Å². The first kappa shape index (κ1) is 21.7. The van der Waals surface area contributed by atoms with Crippen molar-refractivity contribution >= 4 is 21.8 Å². The number of amides is 2. The van der Waals surface area contributed by atoms with E-state index in [9.17, 15) is 18.0 Å². The second kappa shape index (κ2) is 8.94. The molecule has 0 aliphatic carbocycles. The highest BCUT2D eigenvalue weighted by Gasteiger charge is 2.28. The minimum Gasteiger partial charge on any atom is -0.366 e. The summed E-state index contributed by atoms with van der Waals surface area (Å²) in [5, 5.41) is 2.75. The fourth-order valence-corrected chi connectivity index (χ4v) is 5.21. The van der Waals surface area contributed by atoms with Crippen LogP contribution >= 0.6 is 0 Å². The fourth-order valence-electron chi connectivity index (χ4n) is 3.74. The molecule has 0 radical (unpaired) electrons. The van der Waals surface area contributed by atoms with E-state index in [0.717, 1.165) is 11.1 Å². The largest absolute Gasteiger partial charge is 0.366 e. The van der Waals surface area contributed by atoms with Crippen LogP contribution < -0.4 is 11.1 Å². The van der Waals surface area contributed by atoms with E-state index in [1.54, 1.807) is 36.4 Å². The van der Waals surface area contributed by atoms with E-state index in [1.165, 1.54) is 16.4 Å². The molecule has 1 heterocycles. The maximum absolute atomic E-state index is 13.2. The first-order valence-corrected chi connectivity index (χ1v) is 11.6. The van der Waals surface area contributed by atoms with Gasteiger partial charge in [0.25, 0.3) is 5.91 Å². The summed E-state index contributed by atoms with van der Waals surface area (Å²) in [6.07, 6.45) is 0.653. The molecule has 0 bridgehead atoms. The van der Waals surface area contributed by atoms with Crippen molar-refractivity contribution in [2.24, 2.45) is 5.73 Å². The summed E-state index contributed by atoms with van der Waals surface area (Å²) < 4.78 is 27.9. The Kier molecular flexibility index (Phi) is 6.07. The minimum atomic E-state index is -3.74. The van der Waals surface area contributed by atoms with Gasteiger partial charge in [-0.1, -0.05) is 42.5 Å². The number of benzene rings is 3. The smallest absolute Gasteiger partial charge is 0.251 e. The van der Waals surface area contributed by atoms with Gasteiger partial charge < -0.3 is 11.1 Å². The van der Waals surface area contributed by atoms with Gasteiger partial charge in [0.2, 0.25) is 15.9 Å². The van der Waals surface area contributed by atoms with Crippen molar-refractivity contribution in [3.8, 4) is 0 Å². The molecule has 2 amide bonds. The Hall–Kier alpha value is -3.49. The van der Waals surface area contributed by atoms with Crippen LogP contribution in [0, 0.1) is 0 Å². The number of primary amides is 1. The summed E-state index contributed by atoms with van der Waals surface area (Å²) >= 11 is 0. The van der Waals surface area contributed by atoms with Gasteiger partial charge in [0.15, 0.2) is 0 Å². The van der Waals surface area contributed by atoms with E-state index in [0.29, 0.717) is 30.6 Å². The Balaban J connectivity index is 1.49. The molecule has 0 saturated carbocycles. The SMILES string of the molecule is NC(=O)c1cccc(CNC(=O)c2cccc(S(=O)(=O)N3CCc4ccccc4C3)c2)c1. The minimum absolute atomic E-state index is 0.0836. The number of fused-ring (bicyclic) bond motifs is 1. The number of hydrogen-bond donors (Lipinski definition) is 2.